The molecule has 1 N–H and O–H groups in total. The van der Waals surface area contributed by atoms with Crippen LogP contribution in [0.4, 0.5) is 4.39 Å². The Hall–Kier alpha value is -1.42. The maximum absolute atomic E-state index is 13.2. The topological polar surface area (TPSA) is 46.5 Å². The van der Waals surface area contributed by atoms with E-state index in [9.17, 15) is 9.18 Å². The SMILES string of the molecule is COCC(F)c1ccc(C(=O)O)cc1. The van der Waals surface area contributed by atoms with Gasteiger partial charge in [-0.3, -0.25) is 0 Å². The van der Waals surface area contributed by atoms with Crippen molar-refractivity contribution in [3.05, 3.63) is 35.4 Å². The Balaban J connectivity index is 2.77. The van der Waals surface area contributed by atoms with E-state index >= 15 is 0 Å². The fourth-order valence-electron chi connectivity index (χ4n) is 1.08. The first kappa shape index (κ1) is 10.7. The van der Waals surface area contributed by atoms with Crippen LogP contribution in [0.25, 0.3) is 0 Å². The van der Waals surface area contributed by atoms with Gasteiger partial charge in [0.1, 0.15) is 6.17 Å². The molecule has 0 spiro atoms. The van der Waals surface area contributed by atoms with Gasteiger partial charge in [0.05, 0.1) is 12.2 Å². The zero-order chi connectivity index (χ0) is 10.6. The van der Waals surface area contributed by atoms with Gasteiger partial charge in [-0.1, -0.05) is 12.1 Å². The molecule has 14 heavy (non-hydrogen) atoms. The van der Waals surface area contributed by atoms with E-state index in [0.717, 1.165) is 0 Å². The Morgan fingerprint density at radius 2 is 2.07 bits per heavy atom. The molecule has 4 heteroatoms. The highest BCUT2D eigenvalue weighted by atomic mass is 19.1. The van der Waals surface area contributed by atoms with Gasteiger partial charge in [0, 0.05) is 7.11 Å². The Morgan fingerprint density at radius 1 is 1.50 bits per heavy atom. The molecular formula is C10H11FO3. The van der Waals surface area contributed by atoms with Crippen LogP contribution in [0.2, 0.25) is 0 Å². The van der Waals surface area contributed by atoms with Crippen molar-refractivity contribution in [2.75, 3.05) is 13.7 Å². The zero-order valence-electron chi connectivity index (χ0n) is 7.74. The van der Waals surface area contributed by atoms with E-state index in [2.05, 4.69) is 4.74 Å². The van der Waals surface area contributed by atoms with Crippen molar-refractivity contribution in [2.24, 2.45) is 0 Å². The van der Waals surface area contributed by atoms with Gasteiger partial charge in [-0.25, -0.2) is 9.18 Å². The molecule has 0 radical (unpaired) electrons. The fraction of sp³-hybridized carbons (Fsp3) is 0.300. The standard InChI is InChI=1S/C10H11FO3/c1-14-6-9(11)7-2-4-8(5-3-7)10(12)13/h2-5,9H,6H2,1H3,(H,12,13). The van der Waals surface area contributed by atoms with E-state index in [1.54, 1.807) is 0 Å². The highest BCUT2D eigenvalue weighted by Gasteiger charge is 2.09. The summed E-state index contributed by atoms with van der Waals surface area (Å²) in [6.07, 6.45) is -1.21. The lowest BCUT2D eigenvalue weighted by Gasteiger charge is -2.06. The molecule has 1 aromatic rings. The second-order valence-corrected chi connectivity index (χ2v) is 2.85. The first-order valence-corrected chi connectivity index (χ1v) is 4.11. The molecule has 0 aromatic heterocycles. The summed E-state index contributed by atoms with van der Waals surface area (Å²) in [6, 6.07) is 5.65. The quantitative estimate of drug-likeness (QED) is 0.805. The van der Waals surface area contributed by atoms with Crippen LogP contribution < -0.4 is 0 Å². The number of alkyl halides is 1. The zero-order valence-corrected chi connectivity index (χ0v) is 7.74. The molecule has 1 rings (SSSR count). The van der Waals surface area contributed by atoms with Crippen LogP contribution in [0.15, 0.2) is 24.3 Å². The van der Waals surface area contributed by atoms with Gasteiger partial charge in [0.15, 0.2) is 0 Å². The van der Waals surface area contributed by atoms with Crippen molar-refractivity contribution < 1.29 is 19.0 Å². The third kappa shape index (κ3) is 2.53. The molecule has 1 unspecified atom stereocenters. The van der Waals surface area contributed by atoms with Gasteiger partial charge in [0.2, 0.25) is 0 Å². The van der Waals surface area contributed by atoms with E-state index in [1.807, 2.05) is 0 Å². The summed E-state index contributed by atoms with van der Waals surface area (Å²) in [5.41, 5.74) is 0.579. The Bertz CT molecular complexity index is 308. The molecular weight excluding hydrogens is 187 g/mol. The number of ether oxygens (including phenoxy) is 1. The number of carboxylic acid groups (broad SMARTS) is 1. The summed E-state index contributed by atoms with van der Waals surface area (Å²) in [5.74, 6) is -1.02. The van der Waals surface area contributed by atoms with E-state index in [0.29, 0.717) is 5.56 Å². The van der Waals surface area contributed by atoms with Crippen molar-refractivity contribution in [2.45, 2.75) is 6.17 Å². The third-order valence-electron chi connectivity index (χ3n) is 1.83. The van der Waals surface area contributed by atoms with Crippen LogP contribution in [0.3, 0.4) is 0 Å². The van der Waals surface area contributed by atoms with Crippen LogP contribution in [-0.2, 0) is 4.74 Å². The van der Waals surface area contributed by atoms with Crippen molar-refractivity contribution in [1.82, 2.24) is 0 Å². The van der Waals surface area contributed by atoms with Crippen LogP contribution in [0.1, 0.15) is 22.1 Å². The highest BCUT2D eigenvalue weighted by molar-refractivity contribution is 5.87. The first-order valence-electron chi connectivity index (χ1n) is 4.11. The lowest BCUT2D eigenvalue weighted by Crippen LogP contribution is -2.01. The minimum absolute atomic E-state index is 0.0214. The molecule has 1 atom stereocenters. The normalized spacial score (nSPS) is 12.4. The van der Waals surface area contributed by atoms with Crippen molar-refractivity contribution >= 4 is 5.97 Å². The molecule has 0 fully saturated rings. The third-order valence-corrected chi connectivity index (χ3v) is 1.83. The largest absolute Gasteiger partial charge is 0.478 e. The molecule has 1 aromatic carbocycles. The lowest BCUT2D eigenvalue weighted by molar-refractivity contribution is 0.0696. The van der Waals surface area contributed by atoms with Gasteiger partial charge < -0.3 is 9.84 Å². The number of benzene rings is 1. The number of carboxylic acids is 1. The number of rotatable bonds is 4. The van der Waals surface area contributed by atoms with E-state index in [-0.39, 0.29) is 12.2 Å². The van der Waals surface area contributed by atoms with Crippen LogP contribution in [0.5, 0.6) is 0 Å². The average Bonchev–Trinajstić information content (AvgIpc) is 2.18. The minimum Gasteiger partial charge on any atom is -0.478 e. The Morgan fingerprint density at radius 3 is 2.50 bits per heavy atom. The molecule has 76 valence electrons. The van der Waals surface area contributed by atoms with Gasteiger partial charge in [-0.2, -0.15) is 0 Å². The number of hydrogen-bond donors (Lipinski definition) is 1. The predicted octanol–water partition coefficient (Wildman–Crippen LogP) is 2.04. The van der Waals surface area contributed by atoms with Gasteiger partial charge in [0.25, 0.3) is 0 Å². The summed E-state index contributed by atoms with van der Waals surface area (Å²) in [7, 11) is 1.41. The molecule has 3 nitrogen and oxygen atoms in total. The number of halogens is 1. The molecule has 0 saturated carbocycles. The first-order chi connectivity index (χ1) is 6.65. The molecule has 0 aliphatic rings. The van der Waals surface area contributed by atoms with Gasteiger partial charge in [-0.15, -0.1) is 0 Å². The van der Waals surface area contributed by atoms with Crippen LogP contribution in [0, 0.1) is 0 Å². The lowest BCUT2D eigenvalue weighted by atomic mass is 10.1. The van der Waals surface area contributed by atoms with Crippen LogP contribution in [-0.4, -0.2) is 24.8 Å². The summed E-state index contributed by atoms with van der Waals surface area (Å²) in [4.78, 5) is 10.5. The molecule has 0 heterocycles. The van der Waals surface area contributed by atoms with E-state index in [4.69, 9.17) is 5.11 Å². The second-order valence-electron chi connectivity index (χ2n) is 2.85. The highest BCUT2D eigenvalue weighted by Crippen LogP contribution is 2.17. The number of carbonyl (C=O) groups is 1. The summed E-state index contributed by atoms with van der Waals surface area (Å²) in [6.45, 7) is -0.0214. The second kappa shape index (κ2) is 4.72. The molecule has 0 bridgehead atoms. The Kier molecular flexibility index (Phi) is 3.59. The monoisotopic (exact) mass is 198 g/mol. The molecule has 0 aliphatic heterocycles. The number of methoxy groups -OCH3 is 1. The number of aromatic carboxylic acids is 1. The number of hydrogen-bond acceptors (Lipinski definition) is 2. The van der Waals surface area contributed by atoms with Crippen molar-refractivity contribution in [1.29, 1.82) is 0 Å². The average molecular weight is 198 g/mol. The van der Waals surface area contributed by atoms with E-state index in [1.165, 1.54) is 31.4 Å². The predicted molar refractivity (Wildman–Crippen MR) is 49.1 cm³/mol. The van der Waals surface area contributed by atoms with Crippen molar-refractivity contribution in [3.63, 3.8) is 0 Å². The van der Waals surface area contributed by atoms with Crippen molar-refractivity contribution in [3.8, 4) is 0 Å². The molecule has 0 saturated heterocycles. The Labute approximate surface area is 81.1 Å². The van der Waals surface area contributed by atoms with Crippen LogP contribution >= 0.6 is 0 Å². The fourth-order valence-corrected chi connectivity index (χ4v) is 1.08. The maximum Gasteiger partial charge on any atom is 0.335 e. The summed E-state index contributed by atoms with van der Waals surface area (Å²) < 4.78 is 17.8. The van der Waals surface area contributed by atoms with Gasteiger partial charge >= 0.3 is 5.97 Å². The smallest absolute Gasteiger partial charge is 0.335 e. The summed E-state index contributed by atoms with van der Waals surface area (Å²) in [5, 5.41) is 8.60. The van der Waals surface area contributed by atoms with Gasteiger partial charge in [-0.05, 0) is 17.7 Å². The minimum atomic E-state index is -1.21. The molecule has 0 amide bonds. The summed E-state index contributed by atoms with van der Waals surface area (Å²) >= 11 is 0. The van der Waals surface area contributed by atoms with E-state index < -0.39 is 12.1 Å². The molecule has 0 aliphatic carbocycles. The maximum atomic E-state index is 13.2.